The first-order valence-corrected chi connectivity index (χ1v) is 5.35. The Morgan fingerprint density at radius 2 is 1.86 bits per heavy atom. The zero-order valence-corrected chi connectivity index (χ0v) is 9.96. The van der Waals surface area contributed by atoms with Crippen molar-refractivity contribution < 1.29 is 4.79 Å². The minimum absolute atomic E-state index is 0.292. The van der Waals surface area contributed by atoms with E-state index < -0.39 is 5.38 Å². The Morgan fingerprint density at radius 1 is 1.21 bits per heavy atom. The van der Waals surface area contributed by atoms with Crippen molar-refractivity contribution in [3.8, 4) is 0 Å². The molecule has 0 spiro atoms. The Balaban J connectivity index is 2.99. The van der Waals surface area contributed by atoms with Gasteiger partial charge in [0.1, 0.15) is 6.29 Å². The molecular formula is C9H6Cl4O. The number of halogens is 4. The van der Waals surface area contributed by atoms with Crippen molar-refractivity contribution in [3.63, 3.8) is 0 Å². The number of hydrogen-bond donors (Lipinski definition) is 0. The molecule has 5 heteroatoms. The topological polar surface area (TPSA) is 17.1 Å². The average Bonchev–Trinajstić information content (AvgIpc) is 2.19. The molecule has 0 amide bonds. The van der Waals surface area contributed by atoms with E-state index in [2.05, 4.69) is 0 Å². The molecule has 14 heavy (non-hydrogen) atoms. The van der Waals surface area contributed by atoms with Crippen molar-refractivity contribution in [2.24, 2.45) is 0 Å². The zero-order chi connectivity index (χ0) is 10.7. The van der Waals surface area contributed by atoms with Gasteiger partial charge in [0.05, 0.1) is 20.4 Å². The Kier molecular flexibility index (Phi) is 4.52. The summed E-state index contributed by atoms with van der Waals surface area (Å²) in [7, 11) is 0. The minimum Gasteiger partial charge on any atom is -0.302 e. The quantitative estimate of drug-likeness (QED) is 0.461. The maximum Gasteiger partial charge on any atom is 0.138 e. The molecule has 1 unspecified atom stereocenters. The summed E-state index contributed by atoms with van der Waals surface area (Å²) >= 11 is 23.1. The van der Waals surface area contributed by atoms with Crippen LogP contribution in [-0.4, -0.2) is 11.7 Å². The summed E-state index contributed by atoms with van der Waals surface area (Å²) in [5, 5.41) is 0.439. The van der Waals surface area contributed by atoms with E-state index in [1.54, 1.807) is 12.1 Å². The molecule has 0 aliphatic carbocycles. The van der Waals surface area contributed by atoms with Crippen LogP contribution in [0.2, 0.25) is 15.1 Å². The van der Waals surface area contributed by atoms with E-state index in [1.165, 1.54) is 0 Å². The summed E-state index contributed by atoms with van der Waals surface area (Å²) in [5.41, 5.74) is 0.716. The Morgan fingerprint density at radius 3 is 2.43 bits per heavy atom. The van der Waals surface area contributed by atoms with Crippen molar-refractivity contribution in [2.45, 2.75) is 11.8 Å². The molecule has 1 nitrogen and oxygen atoms in total. The number of alkyl halides is 1. The lowest BCUT2D eigenvalue weighted by atomic mass is 10.1. The fourth-order valence-electron chi connectivity index (χ4n) is 0.982. The molecular weight excluding hydrogens is 266 g/mol. The van der Waals surface area contributed by atoms with Gasteiger partial charge in [-0.15, -0.1) is 11.6 Å². The van der Waals surface area contributed by atoms with Crippen LogP contribution in [0.25, 0.3) is 0 Å². The summed E-state index contributed by atoms with van der Waals surface area (Å²) in [6.07, 6.45) is 1.00. The van der Waals surface area contributed by atoms with Gasteiger partial charge in [0.25, 0.3) is 0 Å². The van der Waals surface area contributed by atoms with E-state index in [4.69, 9.17) is 46.4 Å². The highest BCUT2D eigenvalue weighted by molar-refractivity contribution is 6.48. The first-order valence-electron chi connectivity index (χ1n) is 3.78. The summed E-state index contributed by atoms with van der Waals surface area (Å²) in [4.78, 5) is 10.3. The van der Waals surface area contributed by atoms with Crippen molar-refractivity contribution in [1.82, 2.24) is 0 Å². The van der Waals surface area contributed by atoms with E-state index in [0.29, 0.717) is 33.3 Å². The van der Waals surface area contributed by atoms with Crippen LogP contribution in [0, 0.1) is 0 Å². The maximum absolute atomic E-state index is 10.3. The largest absolute Gasteiger partial charge is 0.302 e. The normalized spacial score (nSPS) is 12.6. The number of carbonyl (C=O) groups excluding carboxylic acids is 1. The van der Waals surface area contributed by atoms with Gasteiger partial charge in [0.2, 0.25) is 0 Å². The van der Waals surface area contributed by atoms with Gasteiger partial charge in [-0.05, 0) is 18.1 Å². The van der Waals surface area contributed by atoms with E-state index in [-0.39, 0.29) is 0 Å². The van der Waals surface area contributed by atoms with Crippen molar-refractivity contribution in [2.75, 3.05) is 0 Å². The molecule has 1 aromatic rings. The minimum atomic E-state index is -0.593. The molecule has 0 saturated carbocycles. The van der Waals surface area contributed by atoms with Gasteiger partial charge in [0, 0.05) is 0 Å². The Hall–Kier alpha value is 0.0500. The number of aldehydes is 1. The van der Waals surface area contributed by atoms with Gasteiger partial charge in [0.15, 0.2) is 0 Å². The second kappa shape index (κ2) is 5.22. The molecule has 0 aliphatic rings. The monoisotopic (exact) mass is 270 g/mol. The molecule has 0 fully saturated rings. The van der Waals surface area contributed by atoms with Gasteiger partial charge in [-0.2, -0.15) is 0 Å². The molecule has 0 radical (unpaired) electrons. The highest BCUT2D eigenvalue weighted by atomic mass is 35.5. The van der Waals surface area contributed by atoms with Crippen LogP contribution in [0.3, 0.4) is 0 Å². The fourth-order valence-corrected chi connectivity index (χ4v) is 1.78. The molecule has 0 aliphatic heterocycles. The third kappa shape index (κ3) is 2.77. The Labute approximate surface area is 102 Å². The van der Waals surface area contributed by atoms with Crippen molar-refractivity contribution in [1.29, 1.82) is 0 Å². The predicted octanol–water partition coefficient (Wildman–Crippen LogP) is 4.00. The van der Waals surface area contributed by atoms with Crippen LogP contribution in [0.5, 0.6) is 0 Å². The first kappa shape index (κ1) is 12.1. The van der Waals surface area contributed by atoms with Gasteiger partial charge in [-0.25, -0.2) is 0 Å². The second-order valence-electron chi connectivity index (χ2n) is 2.69. The van der Waals surface area contributed by atoms with E-state index in [1.807, 2.05) is 0 Å². The molecule has 76 valence electrons. The number of rotatable bonds is 3. The lowest BCUT2D eigenvalue weighted by Crippen LogP contribution is -2.04. The number of carbonyl (C=O) groups is 1. The highest BCUT2D eigenvalue weighted by Crippen LogP contribution is 2.33. The number of benzene rings is 1. The van der Waals surface area contributed by atoms with Crippen LogP contribution in [0.4, 0.5) is 0 Å². The van der Waals surface area contributed by atoms with Gasteiger partial charge in [-0.3, -0.25) is 0 Å². The first-order chi connectivity index (χ1) is 6.56. The van der Waals surface area contributed by atoms with E-state index in [9.17, 15) is 4.79 Å². The van der Waals surface area contributed by atoms with Gasteiger partial charge in [-0.1, -0.05) is 40.9 Å². The Bertz CT molecular complexity index is 351. The summed E-state index contributed by atoms with van der Waals surface area (Å²) < 4.78 is 0. The second-order valence-corrected chi connectivity index (χ2v) is 4.41. The molecule has 1 aromatic carbocycles. The van der Waals surface area contributed by atoms with Crippen LogP contribution < -0.4 is 0 Å². The van der Waals surface area contributed by atoms with Gasteiger partial charge < -0.3 is 4.79 Å². The molecule has 0 bridgehead atoms. The summed E-state index contributed by atoms with van der Waals surface area (Å²) in [6.45, 7) is 0. The van der Waals surface area contributed by atoms with Crippen LogP contribution in [0.15, 0.2) is 12.1 Å². The maximum atomic E-state index is 10.3. The van der Waals surface area contributed by atoms with Gasteiger partial charge >= 0.3 is 0 Å². The molecule has 1 atom stereocenters. The molecule has 0 N–H and O–H groups in total. The van der Waals surface area contributed by atoms with Crippen LogP contribution in [0.1, 0.15) is 5.56 Å². The van der Waals surface area contributed by atoms with E-state index in [0.717, 1.165) is 0 Å². The standard InChI is InChI=1S/C9H6Cl4O/c10-6(4-14)3-5-1-2-7(11)9(13)8(5)12/h1-2,4,6H,3H2. The molecule has 0 heterocycles. The lowest BCUT2D eigenvalue weighted by molar-refractivity contribution is -0.107. The fraction of sp³-hybridized carbons (Fsp3) is 0.222. The van der Waals surface area contributed by atoms with E-state index >= 15 is 0 Å². The van der Waals surface area contributed by atoms with Crippen molar-refractivity contribution in [3.05, 3.63) is 32.8 Å². The number of hydrogen-bond acceptors (Lipinski definition) is 1. The predicted molar refractivity (Wildman–Crippen MR) is 60.9 cm³/mol. The highest BCUT2D eigenvalue weighted by Gasteiger charge is 2.11. The third-order valence-corrected chi connectivity index (χ3v) is 3.27. The summed E-state index contributed by atoms with van der Waals surface area (Å²) in [5.74, 6) is 0. The average molecular weight is 272 g/mol. The smallest absolute Gasteiger partial charge is 0.138 e. The zero-order valence-electron chi connectivity index (χ0n) is 6.94. The van der Waals surface area contributed by atoms with Crippen molar-refractivity contribution >= 4 is 52.7 Å². The van der Waals surface area contributed by atoms with Crippen LogP contribution in [-0.2, 0) is 11.2 Å². The lowest BCUT2D eigenvalue weighted by Gasteiger charge is -2.07. The molecule has 0 saturated heterocycles. The third-order valence-electron chi connectivity index (χ3n) is 1.68. The SMILES string of the molecule is O=CC(Cl)Cc1ccc(Cl)c(Cl)c1Cl. The molecule has 0 aromatic heterocycles. The summed E-state index contributed by atoms with van der Waals surface area (Å²) in [6, 6.07) is 3.33. The molecule has 1 rings (SSSR count). The van der Waals surface area contributed by atoms with Crippen LogP contribution >= 0.6 is 46.4 Å².